The first kappa shape index (κ1) is 12.9. The molecule has 0 spiro atoms. The van der Waals surface area contributed by atoms with Crippen LogP contribution in [0.15, 0.2) is 48.9 Å². The number of aryl methyl sites for hydroxylation is 1. The molecule has 100 valence electrons. The Labute approximate surface area is 121 Å². The van der Waals surface area contributed by atoms with Crippen molar-refractivity contribution in [2.75, 3.05) is 0 Å². The lowest BCUT2D eigenvalue weighted by atomic mass is 10.1. The molecule has 3 aromatic rings. The minimum absolute atomic E-state index is 0.198. The topological polar surface area (TPSA) is 25.8 Å². The summed E-state index contributed by atoms with van der Waals surface area (Å²) in [6.45, 7) is 2.02. The summed E-state index contributed by atoms with van der Waals surface area (Å²) in [6, 6.07) is 8.81. The van der Waals surface area contributed by atoms with Gasteiger partial charge in [-0.2, -0.15) is 0 Å². The van der Waals surface area contributed by atoms with Crippen LogP contribution in [-0.4, -0.2) is 9.97 Å². The van der Waals surface area contributed by atoms with Crippen LogP contribution in [0.1, 0.15) is 12.5 Å². The Balaban J connectivity index is 2.02. The molecule has 0 amide bonds. The molecule has 1 aromatic carbocycles. The molecule has 0 saturated carbocycles. The van der Waals surface area contributed by atoms with Crippen molar-refractivity contribution >= 4 is 11.3 Å². The van der Waals surface area contributed by atoms with Gasteiger partial charge >= 0.3 is 0 Å². The fourth-order valence-corrected chi connectivity index (χ4v) is 3.09. The first-order valence-corrected chi connectivity index (χ1v) is 7.24. The molecule has 2 heterocycles. The lowest BCUT2D eigenvalue weighted by Crippen LogP contribution is -1.88. The van der Waals surface area contributed by atoms with Crippen LogP contribution in [-0.2, 0) is 6.42 Å². The maximum absolute atomic E-state index is 13.3. The fraction of sp³-hybridized carbons (Fsp3) is 0.125. The standard InChI is InChI=1S/C16H13FN2S/c1-2-11-9-13(17)3-4-14(11)16-19-10-15(20-16)12-5-7-18-8-6-12/h3-10H,2H2,1H3. The van der Waals surface area contributed by atoms with Crippen LogP contribution in [0.3, 0.4) is 0 Å². The van der Waals surface area contributed by atoms with Crippen LogP contribution in [0.4, 0.5) is 4.39 Å². The third-order valence-corrected chi connectivity index (χ3v) is 4.23. The van der Waals surface area contributed by atoms with Crippen molar-refractivity contribution < 1.29 is 4.39 Å². The molecule has 0 atom stereocenters. The molecule has 4 heteroatoms. The van der Waals surface area contributed by atoms with Gasteiger partial charge in [0, 0.05) is 24.2 Å². The van der Waals surface area contributed by atoms with E-state index < -0.39 is 0 Å². The van der Waals surface area contributed by atoms with Crippen molar-refractivity contribution in [1.29, 1.82) is 0 Å². The van der Waals surface area contributed by atoms with Crippen LogP contribution in [0, 0.1) is 5.82 Å². The monoisotopic (exact) mass is 284 g/mol. The Kier molecular flexibility index (Phi) is 3.56. The number of hydrogen-bond donors (Lipinski definition) is 0. The Morgan fingerprint density at radius 2 is 1.95 bits per heavy atom. The van der Waals surface area contributed by atoms with E-state index in [-0.39, 0.29) is 5.82 Å². The molecule has 20 heavy (non-hydrogen) atoms. The zero-order valence-electron chi connectivity index (χ0n) is 11.0. The van der Waals surface area contributed by atoms with Crippen molar-refractivity contribution in [1.82, 2.24) is 9.97 Å². The Hall–Kier alpha value is -2.07. The van der Waals surface area contributed by atoms with Crippen LogP contribution in [0.2, 0.25) is 0 Å². The molecular weight excluding hydrogens is 271 g/mol. The van der Waals surface area contributed by atoms with Crippen LogP contribution < -0.4 is 0 Å². The van der Waals surface area contributed by atoms with E-state index in [0.717, 1.165) is 33.0 Å². The van der Waals surface area contributed by atoms with Gasteiger partial charge in [-0.1, -0.05) is 6.92 Å². The SMILES string of the molecule is CCc1cc(F)ccc1-c1ncc(-c2ccncc2)s1. The minimum atomic E-state index is -0.198. The molecule has 3 rings (SSSR count). The van der Waals surface area contributed by atoms with Crippen molar-refractivity contribution in [3.63, 3.8) is 0 Å². The molecule has 0 N–H and O–H groups in total. The van der Waals surface area contributed by atoms with Gasteiger partial charge in [-0.15, -0.1) is 11.3 Å². The summed E-state index contributed by atoms with van der Waals surface area (Å²) < 4.78 is 13.3. The second-order valence-electron chi connectivity index (χ2n) is 4.42. The summed E-state index contributed by atoms with van der Waals surface area (Å²) in [5, 5.41) is 0.925. The number of aromatic nitrogens is 2. The van der Waals surface area contributed by atoms with Crippen LogP contribution in [0.5, 0.6) is 0 Å². The van der Waals surface area contributed by atoms with Crippen LogP contribution in [0.25, 0.3) is 21.0 Å². The molecule has 0 saturated heterocycles. The van der Waals surface area contributed by atoms with Crippen molar-refractivity contribution in [3.05, 3.63) is 60.3 Å². The van der Waals surface area contributed by atoms with Gasteiger partial charge in [0.1, 0.15) is 10.8 Å². The molecule has 2 nitrogen and oxygen atoms in total. The lowest BCUT2D eigenvalue weighted by molar-refractivity contribution is 0.626. The number of nitrogens with zero attached hydrogens (tertiary/aromatic N) is 2. The van der Waals surface area contributed by atoms with Crippen LogP contribution >= 0.6 is 11.3 Å². The Bertz CT molecular complexity index is 722. The van der Waals surface area contributed by atoms with E-state index in [4.69, 9.17) is 0 Å². The number of thiazole rings is 1. The zero-order valence-corrected chi connectivity index (χ0v) is 11.8. The number of rotatable bonds is 3. The van der Waals surface area contributed by atoms with Gasteiger partial charge in [0.15, 0.2) is 0 Å². The van der Waals surface area contributed by atoms with Crippen molar-refractivity contribution in [2.24, 2.45) is 0 Å². The van der Waals surface area contributed by atoms with Gasteiger partial charge in [-0.25, -0.2) is 9.37 Å². The first-order chi connectivity index (χ1) is 9.78. The predicted molar refractivity (Wildman–Crippen MR) is 80.1 cm³/mol. The third-order valence-electron chi connectivity index (χ3n) is 3.15. The van der Waals surface area contributed by atoms with Crippen molar-refractivity contribution in [2.45, 2.75) is 13.3 Å². The molecular formula is C16H13FN2S. The molecule has 0 radical (unpaired) electrons. The number of halogens is 1. The van der Waals surface area contributed by atoms with Gasteiger partial charge in [-0.05, 0) is 47.9 Å². The molecule has 0 aliphatic heterocycles. The molecule has 2 aromatic heterocycles. The van der Waals surface area contributed by atoms with E-state index >= 15 is 0 Å². The summed E-state index contributed by atoms with van der Waals surface area (Å²) in [6.07, 6.45) is 6.18. The summed E-state index contributed by atoms with van der Waals surface area (Å²) in [5.74, 6) is -0.198. The number of benzene rings is 1. The third kappa shape index (κ3) is 2.47. The second kappa shape index (κ2) is 5.51. The maximum atomic E-state index is 13.3. The van der Waals surface area contributed by atoms with E-state index in [1.165, 1.54) is 6.07 Å². The average molecular weight is 284 g/mol. The highest BCUT2D eigenvalue weighted by atomic mass is 32.1. The summed E-state index contributed by atoms with van der Waals surface area (Å²) in [5.41, 5.74) is 3.10. The Morgan fingerprint density at radius 3 is 2.70 bits per heavy atom. The normalized spacial score (nSPS) is 10.7. The maximum Gasteiger partial charge on any atom is 0.124 e. The highest BCUT2D eigenvalue weighted by Gasteiger charge is 2.10. The number of hydrogen-bond acceptors (Lipinski definition) is 3. The summed E-state index contributed by atoms with van der Waals surface area (Å²) >= 11 is 1.61. The van der Waals surface area contributed by atoms with Gasteiger partial charge in [-0.3, -0.25) is 4.98 Å². The van der Waals surface area contributed by atoms with E-state index in [9.17, 15) is 4.39 Å². The first-order valence-electron chi connectivity index (χ1n) is 6.43. The minimum Gasteiger partial charge on any atom is -0.265 e. The van der Waals surface area contributed by atoms with Gasteiger partial charge in [0.2, 0.25) is 0 Å². The van der Waals surface area contributed by atoms with E-state index in [1.807, 2.05) is 31.3 Å². The van der Waals surface area contributed by atoms with Gasteiger partial charge < -0.3 is 0 Å². The van der Waals surface area contributed by atoms with Crippen molar-refractivity contribution in [3.8, 4) is 21.0 Å². The lowest BCUT2D eigenvalue weighted by Gasteiger charge is -2.04. The largest absolute Gasteiger partial charge is 0.265 e. The van der Waals surface area contributed by atoms with E-state index in [1.54, 1.807) is 29.8 Å². The molecule has 0 aliphatic rings. The predicted octanol–water partition coefficient (Wildman–Crippen LogP) is 4.57. The van der Waals surface area contributed by atoms with Gasteiger partial charge in [0.25, 0.3) is 0 Å². The quantitative estimate of drug-likeness (QED) is 0.704. The van der Waals surface area contributed by atoms with E-state index in [0.29, 0.717) is 0 Å². The zero-order chi connectivity index (χ0) is 13.9. The molecule has 0 aliphatic carbocycles. The summed E-state index contributed by atoms with van der Waals surface area (Å²) in [7, 11) is 0. The smallest absolute Gasteiger partial charge is 0.124 e. The fourth-order valence-electron chi connectivity index (χ4n) is 2.11. The average Bonchev–Trinajstić information content (AvgIpc) is 2.97. The molecule has 0 fully saturated rings. The molecule has 0 bridgehead atoms. The Morgan fingerprint density at radius 1 is 1.15 bits per heavy atom. The second-order valence-corrected chi connectivity index (χ2v) is 5.45. The van der Waals surface area contributed by atoms with E-state index in [2.05, 4.69) is 9.97 Å². The highest BCUT2D eigenvalue weighted by molar-refractivity contribution is 7.18. The highest BCUT2D eigenvalue weighted by Crippen LogP contribution is 2.33. The summed E-state index contributed by atoms with van der Waals surface area (Å²) in [4.78, 5) is 9.58. The van der Waals surface area contributed by atoms with Gasteiger partial charge in [0.05, 0.1) is 4.88 Å². The molecule has 0 unspecified atom stereocenters. The number of pyridine rings is 1.